The average Bonchev–Trinajstić information content (AvgIpc) is 2.97. The molecule has 5 heteroatoms. The van der Waals surface area contributed by atoms with Gasteiger partial charge in [0.2, 0.25) is 5.76 Å². The summed E-state index contributed by atoms with van der Waals surface area (Å²) < 4.78 is 5.02. The van der Waals surface area contributed by atoms with Gasteiger partial charge in [0.1, 0.15) is 0 Å². The minimum atomic E-state index is -1.00. The minimum Gasteiger partial charge on any atom is -0.475 e. The topological polar surface area (TPSA) is 56.9 Å². The van der Waals surface area contributed by atoms with Crippen LogP contribution in [0, 0.1) is 0 Å². The van der Waals surface area contributed by atoms with Crippen molar-refractivity contribution < 1.29 is 14.3 Å². The predicted molar refractivity (Wildman–Crippen MR) is 79.6 cm³/mol. The van der Waals surface area contributed by atoms with Crippen LogP contribution in [0.1, 0.15) is 16.1 Å². The number of carboxylic acid groups (broad SMARTS) is 1. The highest BCUT2D eigenvalue weighted by molar-refractivity contribution is 5.86. The Morgan fingerprint density at radius 2 is 1.81 bits per heavy atom. The summed E-state index contributed by atoms with van der Waals surface area (Å²) in [4.78, 5) is 15.7. The summed E-state index contributed by atoms with van der Waals surface area (Å²) in [6.45, 7) is 4.35. The molecule has 0 amide bonds. The van der Waals surface area contributed by atoms with E-state index < -0.39 is 5.97 Å². The molecule has 2 aromatic rings. The lowest BCUT2D eigenvalue weighted by atomic mass is 10.2. The zero-order chi connectivity index (χ0) is 14.7. The van der Waals surface area contributed by atoms with Crippen LogP contribution >= 0.6 is 0 Å². The quantitative estimate of drug-likeness (QED) is 0.934. The van der Waals surface area contributed by atoms with Gasteiger partial charge >= 0.3 is 5.97 Å². The maximum absolute atomic E-state index is 11.0. The van der Waals surface area contributed by atoms with Gasteiger partial charge in [0.05, 0.1) is 6.26 Å². The molecule has 1 N–H and O–H groups in total. The number of rotatable bonds is 4. The van der Waals surface area contributed by atoms with Gasteiger partial charge < -0.3 is 14.4 Å². The van der Waals surface area contributed by atoms with Crippen LogP contribution in [0.4, 0.5) is 5.69 Å². The first-order valence-corrected chi connectivity index (χ1v) is 7.06. The maximum atomic E-state index is 11.0. The van der Waals surface area contributed by atoms with Crippen molar-refractivity contribution in [3.8, 4) is 0 Å². The van der Waals surface area contributed by atoms with Gasteiger partial charge in [-0.1, -0.05) is 18.2 Å². The maximum Gasteiger partial charge on any atom is 0.372 e. The molecule has 1 aliphatic heterocycles. The van der Waals surface area contributed by atoms with E-state index in [1.165, 1.54) is 12.0 Å². The monoisotopic (exact) mass is 286 g/mol. The Labute approximate surface area is 123 Å². The van der Waals surface area contributed by atoms with Gasteiger partial charge in [-0.25, -0.2) is 4.79 Å². The molecule has 1 aromatic carbocycles. The second kappa shape index (κ2) is 6.01. The van der Waals surface area contributed by atoms with Crippen LogP contribution in [0.3, 0.4) is 0 Å². The average molecular weight is 286 g/mol. The minimum absolute atomic E-state index is 0.0560. The predicted octanol–water partition coefficient (Wildman–Crippen LogP) is 2.30. The summed E-state index contributed by atoms with van der Waals surface area (Å²) in [6.07, 6.45) is 1.44. The van der Waals surface area contributed by atoms with Crippen molar-refractivity contribution in [1.29, 1.82) is 0 Å². The second-order valence-corrected chi connectivity index (χ2v) is 5.18. The van der Waals surface area contributed by atoms with E-state index in [1.807, 2.05) is 18.2 Å². The third-order valence-corrected chi connectivity index (χ3v) is 3.83. The standard InChI is InChI=1S/C16H18N2O3/c19-16(20)15-13(6-11-21-15)12-17-7-9-18(10-8-17)14-4-2-1-3-5-14/h1-6,11H,7-10,12H2,(H,19,20). The van der Waals surface area contributed by atoms with Crippen molar-refractivity contribution >= 4 is 11.7 Å². The number of carboxylic acids is 1. The van der Waals surface area contributed by atoms with Crippen LogP contribution in [0.2, 0.25) is 0 Å². The molecule has 0 radical (unpaired) electrons. The fraction of sp³-hybridized carbons (Fsp3) is 0.312. The number of piperazine rings is 1. The Morgan fingerprint density at radius 1 is 1.10 bits per heavy atom. The van der Waals surface area contributed by atoms with Crippen molar-refractivity contribution in [2.75, 3.05) is 31.1 Å². The van der Waals surface area contributed by atoms with Crippen LogP contribution in [0.15, 0.2) is 47.1 Å². The molecule has 0 atom stereocenters. The van der Waals surface area contributed by atoms with Gasteiger partial charge in [-0.3, -0.25) is 4.90 Å². The van der Waals surface area contributed by atoms with Gasteiger partial charge in [-0.2, -0.15) is 0 Å². The number of benzene rings is 1. The van der Waals surface area contributed by atoms with E-state index in [2.05, 4.69) is 21.9 Å². The molecule has 0 aliphatic carbocycles. The molecule has 21 heavy (non-hydrogen) atoms. The fourth-order valence-corrected chi connectivity index (χ4v) is 2.69. The first-order valence-electron chi connectivity index (χ1n) is 7.06. The third-order valence-electron chi connectivity index (χ3n) is 3.83. The molecule has 1 aliphatic rings. The van der Waals surface area contributed by atoms with Crippen LogP contribution in [0.25, 0.3) is 0 Å². The lowest BCUT2D eigenvalue weighted by Crippen LogP contribution is -2.46. The summed E-state index contributed by atoms with van der Waals surface area (Å²) in [6, 6.07) is 12.1. The molecular weight excluding hydrogens is 268 g/mol. The molecule has 1 saturated heterocycles. The van der Waals surface area contributed by atoms with Crippen LogP contribution in [-0.2, 0) is 6.54 Å². The molecule has 1 fully saturated rings. The number of aromatic carboxylic acids is 1. The van der Waals surface area contributed by atoms with Gasteiger partial charge in [0, 0.05) is 44.0 Å². The summed E-state index contributed by atoms with van der Waals surface area (Å²) in [7, 11) is 0. The summed E-state index contributed by atoms with van der Waals surface area (Å²) in [5.41, 5.74) is 1.99. The van der Waals surface area contributed by atoms with E-state index in [-0.39, 0.29) is 5.76 Å². The molecule has 2 heterocycles. The largest absolute Gasteiger partial charge is 0.475 e. The number of anilines is 1. The van der Waals surface area contributed by atoms with Crippen molar-refractivity contribution in [1.82, 2.24) is 4.90 Å². The van der Waals surface area contributed by atoms with Gasteiger partial charge in [0.15, 0.2) is 0 Å². The van der Waals surface area contributed by atoms with Crippen LogP contribution < -0.4 is 4.90 Å². The SMILES string of the molecule is O=C(O)c1occc1CN1CCN(c2ccccc2)CC1. The van der Waals surface area contributed by atoms with Gasteiger partial charge in [-0.15, -0.1) is 0 Å². The Balaban J connectivity index is 1.59. The van der Waals surface area contributed by atoms with Crippen molar-refractivity contribution in [3.63, 3.8) is 0 Å². The summed E-state index contributed by atoms with van der Waals surface area (Å²) in [5, 5.41) is 9.05. The van der Waals surface area contributed by atoms with E-state index in [1.54, 1.807) is 6.07 Å². The van der Waals surface area contributed by atoms with Crippen LogP contribution in [-0.4, -0.2) is 42.2 Å². The molecular formula is C16H18N2O3. The van der Waals surface area contributed by atoms with E-state index in [0.717, 1.165) is 31.7 Å². The first-order chi connectivity index (χ1) is 10.2. The van der Waals surface area contributed by atoms with Crippen LogP contribution in [0.5, 0.6) is 0 Å². The molecule has 0 saturated carbocycles. The Morgan fingerprint density at radius 3 is 2.48 bits per heavy atom. The number of hydrogen-bond donors (Lipinski definition) is 1. The van der Waals surface area contributed by atoms with E-state index >= 15 is 0 Å². The van der Waals surface area contributed by atoms with Crippen molar-refractivity contribution in [3.05, 3.63) is 54.0 Å². The summed E-state index contributed by atoms with van der Waals surface area (Å²) in [5.74, 6) is -0.946. The van der Waals surface area contributed by atoms with E-state index in [9.17, 15) is 4.79 Å². The number of hydrogen-bond acceptors (Lipinski definition) is 4. The Bertz CT molecular complexity index is 601. The van der Waals surface area contributed by atoms with Gasteiger partial charge in [-0.05, 0) is 18.2 Å². The fourth-order valence-electron chi connectivity index (χ4n) is 2.69. The Hall–Kier alpha value is -2.27. The third kappa shape index (κ3) is 3.08. The smallest absolute Gasteiger partial charge is 0.372 e. The van der Waals surface area contributed by atoms with E-state index in [4.69, 9.17) is 9.52 Å². The number of furan rings is 1. The first kappa shape index (κ1) is 13.7. The molecule has 3 rings (SSSR count). The lowest BCUT2D eigenvalue weighted by Gasteiger charge is -2.36. The normalized spacial score (nSPS) is 16.1. The summed E-state index contributed by atoms with van der Waals surface area (Å²) >= 11 is 0. The molecule has 0 unspecified atom stereocenters. The number of nitrogens with zero attached hydrogens (tertiary/aromatic N) is 2. The second-order valence-electron chi connectivity index (χ2n) is 5.18. The molecule has 5 nitrogen and oxygen atoms in total. The number of carbonyl (C=O) groups is 1. The highest BCUT2D eigenvalue weighted by Gasteiger charge is 2.20. The zero-order valence-corrected chi connectivity index (χ0v) is 11.7. The van der Waals surface area contributed by atoms with E-state index in [0.29, 0.717) is 6.54 Å². The zero-order valence-electron chi connectivity index (χ0n) is 11.7. The lowest BCUT2D eigenvalue weighted by molar-refractivity contribution is 0.0659. The molecule has 1 aromatic heterocycles. The molecule has 0 bridgehead atoms. The van der Waals surface area contributed by atoms with Crippen molar-refractivity contribution in [2.45, 2.75) is 6.54 Å². The molecule has 0 spiro atoms. The van der Waals surface area contributed by atoms with Gasteiger partial charge in [0.25, 0.3) is 0 Å². The van der Waals surface area contributed by atoms with Crippen molar-refractivity contribution in [2.24, 2.45) is 0 Å². The number of para-hydroxylation sites is 1. The highest BCUT2D eigenvalue weighted by atomic mass is 16.4. The highest BCUT2D eigenvalue weighted by Crippen LogP contribution is 2.18. The molecule has 110 valence electrons. The Kier molecular flexibility index (Phi) is 3.92.